The maximum absolute atomic E-state index is 12.8. The number of pyridine rings is 1. The largest absolute Gasteiger partial charge is 0.356 e. The molecule has 0 aromatic carbocycles. The number of carbonyl (C=O) groups excluding carboxylic acids is 1. The van der Waals surface area contributed by atoms with Crippen LogP contribution in [0.15, 0.2) is 23.1 Å². The molecule has 25 heavy (non-hydrogen) atoms. The van der Waals surface area contributed by atoms with Gasteiger partial charge in [-0.2, -0.15) is 0 Å². The fourth-order valence-electron chi connectivity index (χ4n) is 3.31. The fourth-order valence-corrected chi connectivity index (χ4v) is 3.31. The summed E-state index contributed by atoms with van der Waals surface area (Å²) in [5, 5.41) is 2.96. The summed E-state index contributed by atoms with van der Waals surface area (Å²) in [7, 11) is 0. The lowest BCUT2D eigenvalue weighted by Gasteiger charge is -2.32. The van der Waals surface area contributed by atoms with Crippen molar-refractivity contribution >= 4 is 22.9 Å². The van der Waals surface area contributed by atoms with Crippen molar-refractivity contribution in [1.82, 2.24) is 19.9 Å². The van der Waals surface area contributed by atoms with E-state index in [-0.39, 0.29) is 17.4 Å². The Balaban J connectivity index is 1.81. The van der Waals surface area contributed by atoms with E-state index < -0.39 is 0 Å². The SMILES string of the molecule is CCCNC(=O)C1CCN(c2nc3cccnc3n(CC)c2=O)CC1. The monoisotopic (exact) mass is 343 g/mol. The first kappa shape index (κ1) is 17.4. The molecule has 1 saturated heterocycles. The second-order valence-electron chi connectivity index (χ2n) is 6.38. The van der Waals surface area contributed by atoms with Crippen LogP contribution in [0.5, 0.6) is 0 Å². The highest BCUT2D eigenvalue weighted by Gasteiger charge is 2.27. The number of nitrogens with zero attached hydrogens (tertiary/aromatic N) is 4. The summed E-state index contributed by atoms with van der Waals surface area (Å²) in [6.45, 7) is 6.59. The van der Waals surface area contributed by atoms with E-state index >= 15 is 0 Å². The zero-order valence-electron chi connectivity index (χ0n) is 14.9. The van der Waals surface area contributed by atoms with Crippen molar-refractivity contribution in [3.63, 3.8) is 0 Å². The number of nitrogens with one attached hydrogen (secondary N) is 1. The van der Waals surface area contributed by atoms with Gasteiger partial charge >= 0.3 is 0 Å². The number of fused-ring (bicyclic) bond motifs is 1. The summed E-state index contributed by atoms with van der Waals surface area (Å²) in [5.41, 5.74) is 1.23. The Morgan fingerprint density at radius 3 is 2.76 bits per heavy atom. The highest BCUT2D eigenvalue weighted by atomic mass is 16.2. The van der Waals surface area contributed by atoms with Crippen molar-refractivity contribution in [2.45, 2.75) is 39.7 Å². The zero-order chi connectivity index (χ0) is 17.8. The first-order chi connectivity index (χ1) is 12.2. The molecule has 1 aliphatic rings. The predicted octanol–water partition coefficient (Wildman–Crippen LogP) is 1.55. The minimum atomic E-state index is -0.109. The van der Waals surface area contributed by atoms with Crippen LogP contribution in [0.25, 0.3) is 11.2 Å². The molecule has 1 N–H and O–H groups in total. The van der Waals surface area contributed by atoms with Gasteiger partial charge in [-0.15, -0.1) is 0 Å². The molecule has 2 aromatic heterocycles. The maximum atomic E-state index is 12.8. The fraction of sp³-hybridized carbons (Fsp3) is 0.556. The van der Waals surface area contributed by atoms with E-state index in [9.17, 15) is 9.59 Å². The molecule has 0 radical (unpaired) electrons. The van der Waals surface area contributed by atoms with Gasteiger partial charge in [0.05, 0.1) is 0 Å². The third kappa shape index (κ3) is 3.50. The van der Waals surface area contributed by atoms with Crippen LogP contribution >= 0.6 is 0 Å². The molecule has 0 unspecified atom stereocenters. The van der Waals surface area contributed by atoms with Gasteiger partial charge in [-0.1, -0.05) is 6.92 Å². The minimum Gasteiger partial charge on any atom is -0.356 e. The Labute approximate surface area is 147 Å². The summed E-state index contributed by atoms with van der Waals surface area (Å²) in [6.07, 6.45) is 4.10. The summed E-state index contributed by atoms with van der Waals surface area (Å²) >= 11 is 0. The third-order valence-corrected chi connectivity index (χ3v) is 4.72. The average Bonchev–Trinajstić information content (AvgIpc) is 2.66. The maximum Gasteiger partial charge on any atom is 0.295 e. The Bertz CT molecular complexity index is 809. The number of amides is 1. The quantitative estimate of drug-likeness (QED) is 0.891. The zero-order valence-corrected chi connectivity index (χ0v) is 14.9. The van der Waals surface area contributed by atoms with Gasteiger partial charge in [0.2, 0.25) is 5.91 Å². The molecule has 7 nitrogen and oxygen atoms in total. The number of aryl methyl sites for hydroxylation is 1. The lowest BCUT2D eigenvalue weighted by atomic mass is 9.96. The Kier molecular flexibility index (Phi) is 5.31. The molecular weight excluding hydrogens is 318 g/mol. The molecule has 1 fully saturated rings. The van der Waals surface area contributed by atoms with Crippen LogP contribution in [-0.2, 0) is 11.3 Å². The number of hydrogen-bond donors (Lipinski definition) is 1. The molecule has 134 valence electrons. The molecule has 2 aromatic rings. The van der Waals surface area contributed by atoms with Crippen LogP contribution in [0.1, 0.15) is 33.1 Å². The molecule has 3 rings (SSSR count). The lowest BCUT2D eigenvalue weighted by Crippen LogP contribution is -2.43. The van der Waals surface area contributed by atoms with Crippen molar-refractivity contribution in [1.29, 1.82) is 0 Å². The Morgan fingerprint density at radius 2 is 2.08 bits per heavy atom. The van der Waals surface area contributed by atoms with Crippen LogP contribution < -0.4 is 15.8 Å². The smallest absolute Gasteiger partial charge is 0.295 e. The topological polar surface area (TPSA) is 80.1 Å². The normalized spacial score (nSPS) is 15.5. The standard InChI is InChI=1S/C18H25N5O2/c1-3-9-20-17(24)13-7-11-22(12-8-13)16-18(25)23(4-2)15-14(21-16)6-5-10-19-15/h5-6,10,13H,3-4,7-9,11-12H2,1-2H3,(H,20,24). The molecule has 0 aliphatic carbocycles. The number of hydrogen-bond acceptors (Lipinski definition) is 5. The van der Waals surface area contributed by atoms with Gasteiger partial charge in [0.1, 0.15) is 5.52 Å². The molecule has 7 heteroatoms. The number of carbonyl (C=O) groups is 1. The molecule has 1 aliphatic heterocycles. The van der Waals surface area contributed by atoms with E-state index in [0.717, 1.165) is 31.3 Å². The molecule has 0 bridgehead atoms. The van der Waals surface area contributed by atoms with Crippen LogP contribution in [-0.4, -0.2) is 40.1 Å². The van der Waals surface area contributed by atoms with Gasteiger partial charge in [0.15, 0.2) is 11.5 Å². The van der Waals surface area contributed by atoms with Gasteiger partial charge in [-0.3, -0.25) is 14.2 Å². The summed E-state index contributed by atoms with van der Waals surface area (Å²) in [6, 6.07) is 3.70. The second kappa shape index (κ2) is 7.63. The minimum absolute atomic E-state index is 0.0262. The number of rotatable bonds is 5. The van der Waals surface area contributed by atoms with Gasteiger partial charge < -0.3 is 10.2 Å². The lowest BCUT2D eigenvalue weighted by molar-refractivity contribution is -0.125. The Morgan fingerprint density at radius 1 is 1.32 bits per heavy atom. The van der Waals surface area contributed by atoms with Crippen LogP contribution in [0.2, 0.25) is 0 Å². The highest BCUT2D eigenvalue weighted by molar-refractivity contribution is 5.79. The van der Waals surface area contributed by atoms with Crippen LogP contribution in [0.4, 0.5) is 5.82 Å². The van der Waals surface area contributed by atoms with Gasteiger partial charge in [-0.25, -0.2) is 9.97 Å². The molecule has 3 heterocycles. The molecule has 1 amide bonds. The first-order valence-electron chi connectivity index (χ1n) is 9.04. The summed E-state index contributed by atoms with van der Waals surface area (Å²) in [5.74, 6) is 0.622. The van der Waals surface area contributed by atoms with Crippen molar-refractivity contribution in [3.8, 4) is 0 Å². The molecule has 0 atom stereocenters. The van der Waals surface area contributed by atoms with Gasteiger partial charge in [0.25, 0.3) is 5.56 Å². The van der Waals surface area contributed by atoms with Crippen molar-refractivity contribution in [2.75, 3.05) is 24.5 Å². The van der Waals surface area contributed by atoms with E-state index in [1.54, 1.807) is 10.8 Å². The average molecular weight is 343 g/mol. The van der Waals surface area contributed by atoms with E-state index in [4.69, 9.17) is 0 Å². The van der Waals surface area contributed by atoms with E-state index in [0.29, 0.717) is 31.1 Å². The van der Waals surface area contributed by atoms with E-state index in [1.807, 2.05) is 30.9 Å². The molecule has 0 saturated carbocycles. The highest BCUT2D eigenvalue weighted by Crippen LogP contribution is 2.21. The number of aromatic nitrogens is 3. The number of anilines is 1. The van der Waals surface area contributed by atoms with E-state index in [1.165, 1.54) is 0 Å². The second-order valence-corrected chi connectivity index (χ2v) is 6.38. The van der Waals surface area contributed by atoms with Crippen molar-refractivity contribution in [2.24, 2.45) is 5.92 Å². The third-order valence-electron chi connectivity index (χ3n) is 4.72. The molecule has 0 spiro atoms. The summed E-state index contributed by atoms with van der Waals surface area (Å²) in [4.78, 5) is 35.8. The first-order valence-corrected chi connectivity index (χ1v) is 9.04. The van der Waals surface area contributed by atoms with Crippen molar-refractivity contribution < 1.29 is 4.79 Å². The van der Waals surface area contributed by atoms with E-state index in [2.05, 4.69) is 15.3 Å². The van der Waals surface area contributed by atoms with Gasteiger partial charge in [0, 0.05) is 38.3 Å². The van der Waals surface area contributed by atoms with Gasteiger partial charge in [-0.05, 0) is 38.3 Å². The summed E-state index contributed by atoms with van der Waals surface area (Å²) < 4.78 is 1.66. The predicted molar refractivity (Wildman–Crippen MR) is 97.7 cm³/mol. The van der Waals surface area contributed by atoms with Crippen molar-refractivity contribution in [3.05, 3.63) is 28.7 Å². The van der Waals surface area contributed by atoms with Crippen LogP contribution in [0, 0.1) is 5.92 Å². The number of piperidine rings is 1. The van der Waals surface area contributed by atoms with Crippen LogP contribution in [0.3, 0.4) is 0 Å². The Hall–Kier alpha value is -2.44. The molecular formula is C18H25N5O2.